The molecule has 1 fully saturated rings. The molecule has 0 aliphatic carbocycles. The van der Waals surface area contributed by atoms with Crippen LogP contribution in [-0.4, -0.2) is 32.0 Å². The Labute approximate surface area is 107 Å². The highest BCUT2D eigenvalue weighted by atomic mass is 16.5. The summed E-state index contributed by atoms with van der Waals surface area (Å²) in [5, 5.41) is 10.7. The van der Waals surface area contributed by atoms with E-state index >= 15 is 0 Å². The third kappa shape index (κ3) is 2.44. The van der Waals surface area contributed by atoms with Gasteiger partial charge in [0, 0.05) is 12.8 Å². The van der Waals surface area contributed by atoms with E-state index in [1.165, 1.54) is 0 Å². The van der Waals surface area contributed by atoms with Gasteiger partial charge in [-0.2, -0.15) is 0 Å². The number of hydrogen-bond acceptors (Lipinski definition) is 4. The maximum Gasteiger partial charge on any atom is 0.161 e. The first-order chi connectivity index (χ1) is 8.59. The summed E-state index contributed by atoms with van der Waals surface area (Å²) >= 11 is 0. The molecule has 4 nitrogen and oxygen atoms in total. The lowest BCUT2D eigenvalue weighted by Gasteiger charge is -2.36. The molecule has 1 saturated heterocycles. The molecular weight excluding hydrogens is 232 g/mol. The molecule has 18 heavy (non-hydrogen) atoms. The van der Waals surface area contributed by atoms with Crippen LogP contribution in [0.1, 0.15) is 25.3 Å². The van der Waals surface area contributed by atoms with Crippen molar-refractivity contribution in [2.24, 2.45) is 0 Å². The Morgan fingerprint density at radius 1 is 1.28 bits per heavy atom. The molecule has 0 bridgehead atoms. The topological polar surface area (TPSA) is 47.9 Å². The fraction of sp³-hybridized carbons (Fsp3) is 0.571. The summed E-state index contributed by atoms with van der Waals surface area (Å²) in [4.78, 5) is 0. The second-order valence-electron chi connectivity index (χ2n) is 4.74. The van der Waals surface area contributed by atoms with Crippen LogP contribution in [-0.2, 0) is 10.3 Å². The lowest BCUT2D eigenvalue weighted by Crippen LogP contribution is -2.37. The second kappa shape index (κ2) is 5.16. The molecule has 100 valence electrons. The molecule has 1 aromatic rings. The van der Waals surface area contributed by atoms with Crippen LogP contribution in [0, 0.1) is 0 Å². The predicted molar refractivity (Wildman–Crippen MR) is 68.1 cm³/mol. The number of aliphatic hydroxyl groups is 1. The summed E-state index contributed by atoms with van der Waals surface area (Å²) in [6.07, 6.45) is 1.27. The summed E-state index contributed by atoms with van der Waals surface area (Å²) in [5.74, 6) is 1.31. The van der Waals surface area contributed by atoms with E-state index in [2.05, 4.69) is 0 Å². The fourth-order valence-electron chi connectivity index (χ4n) is 2.45. The van der Waals surface area contributed by atoms with Crippen molar-refractivity contribution in [1.82, 2.24) is 0 Å². The summed E-state index contributed by atoms with van der Waals surface area (Å²) in [6.45, 7) is 2.55. The van der Waals surface area contributed by atoms with Crippen molar-refractivity contribution in [2.75, 3.05) is 20.8 Å². The number of benzene rings is 1. The minimum Gasteiger partial charge on any atom is -0.493 e. The largest absolute Gasteiger partial charge is 0.493 e. The SMILES string of the molecule is COc1ccc(C2(O)CCOC(C)C2)cc1OC. The summed E-state index contributed by atoms with van der Waals surface area (Å²) in [7, 11) is 3.20. The van der Waals surface area contributed by atoms with Crippen molar-refractivity contribution < 1.29 is 19.3 Å². The van der Waals surface area contributed by atoms with E-state index in [0.717, 1.165) is 5.56 Å². The Bertz CT molecular complexity index is 418. The molecule has 0 aromatic heterocycles. The van der Waals surface area contributed by atoms with Gasteiger partial charge in [0.1, 0.15) is 0 Å². The first-order valence-corrected chi connectivity index (χ1v) is 6.15. The quantitative estimate of drug-likeness (QED) is 0.895. The van der Waals surface area contributed by atoms with Gasteiger partial charge in [0.15, 0.2) is 11.5 Å². The highest BCUT2D eigenvalue weighted by molar-refractivity contribution is 5.44. The zero-order valence-corrected chi connectivity index (χ0v) is 11.1. The van der Waals surface area contributed by atoms with Gasteiger partial charge in [-0.3, -0.25) is 0 Å². The Kier molecular flexibility index (Phi) is 3.78. The molecule has 1 aliphatic rings. The fourth-order valence-corrected chi connectivity index (χ4v) is 2.45. The van der Waals surface area contributed by atoms with Gasteiger partial charge < -0.3 is 19.3 Å². The maximum absolute atomic E-state index is 10.7. The van der Waals surface area contributed by atoms with Crippen LogP contribution in [0.2, 0.25) is 0 Å². The third-order valence-corrected chi connectivity index (χ3v) is 3.46. The first-order valence-electron chi connectivity index (χ1n) is 6.15. The van der Waals surface area contributed by atoms with Gasteiger partial charge in [0.05, 0.1) is 32.5 Å². The van der Waals surface area contributed by atoms with E-state index in [1.807, 2.05) is 25.1 Å². The average molecular weight is 252 g/mol. The Morgan fingerprint density at radius 3 is 2.61 bits per heavy atom. The van der Waals surface area contributed by atoms with Crippen molar-refractivity contribution in [3.63, 3.8) is 0 Å². The number of methoxy groups -OCH3 is 2. The van der Waals surface area contributed by atoms with Crippen molar-refractivity contribution in [3.05, 3.63) is 23.8 Å². The van der Waals surface area contributed by atoms with Gasteiger partial charge in [-0.1, -0.05) is 6.07 Å². The Morgan fingerprint density at radius 2 is 2.00 bits per heavy atom. The van der Waals surface area contributed by atoms with E-state index < -0.39 is 5.60 Å². The van der Waals surface area contributed by atoms with E-state index in [0.29, 0.717) is 30.9 Å². The summed E-state index contributed by atoms with van der Waals surface area (Å²) in [6, 6.07) is 5.56. The number of hydrogen-bond donors (Lipinski definition) is 1. The zero-order chi connectivity index (χ0) is 13.2. The van der Waals surface area contributed by atoms with Gasteiger partial charge in [0.25, 0.3) is 0 Å². The van der Waals surface area contributed by atoms with Crippen LogP contribution in [0.4, 0.5) is 0 Å². The molecule has 2 rings (SSSR count). The molecule has 4 heteroatoms. The van der Waals surface area contributed by atoms with E-state index in [9.17, 15) is 5.11 Å². The smallest absolute Gasteiger partial charge is 0.161 e. The Hall–Kier alpha value is -1.26. The van der Waals surface area contributed by atoms with Crippen molar-refractivity contribution in [1.29, 1.82) is 0 Å². The predicted octanol–water partition coefficient (Wildman–Crippen LogP) is 2.09. The molecule has 1 aromatic carbocycles. The van der Waals surface area contributed by atoms with Crippen molar-refractivity contribution in [2.45, 2.75) is 31.5 Å². The molecule has 1 N–H and O–H groups in total. The molecule has 0 saturated carbocycles. The van der Waals surface area contributed by atoms with Gasteiger partial charge in [-0.05, 0) is 24.6 Å². The van der Waals surface area contributed by atoms with Crippen molar-refractivity contribution >= 4 is 0 Å². The van der Waals surface area contributed by atoms with Crippen LogP contribution in [0.15, 0.2) is 18.2 Å². The summed E-state index contributed by atoms with van der Waals surface area (Å²) < 4.78 is 16.0. The maximum atomic E-state index is 10.7. The molecule has 0 radical (unpaired) electrons. The van der Waals surface area contributed by atoms with Crippen LogP contribution >= 0.6 is 0 Å². The van der Waals surface area contributed by atoms with Crippen LogP contribution < -0.4 is 9.47 Å². The molecular formula is C14H20O4. The van der Waals surface area contributed by atoms with Crippen molar-refractivity contribution in [3.8, 4) is 11.5 Å². The van der Waals surface area contributed by atoms with Crippen LogP contribution in [0.25, 0.3) is 0 Å². The molecule has 0 spiro atoms. The number of rotatable bonds is 3. The number of ether oxygens (including phenoxy) is 3. The normalized spacial score (nSPS) is 27.9. The zero-order valence-electron chi connectivity index (χ0n) is 11.1. The van der Waals surface area contributed by atoms with Crippen LogP contribution in [0.3, 0.4) is 0 Å². The minimum absolute atomic E-state index is 0.0665. The van der Waals surface area contributed by atoms with E-state index in [4.69, 9.17) is 14.2 Å². The summed E-state index contributed by atoms with van der Waals surface area (Å²) in [5.41, 5.74) is 0.0207. The van der Waals surface area contributed by atoms with Gasteiger partial charge >= 0.3 is 0 Å². The lowest BCUT2D eigenvalue weighted by atomic mass is 9.84. The molecule has 2 unspecified atom stereocenters. The monoisotopic (exact) mass is 252 g/mol. The molecule has 0 amide bonds. The second-order valence-corrected chi connectivity index (χ2v) is 4.74. The minimum atomic E-state index is -0.836. The van der Waals surface area contributed by atoms with E-state index in [1.54, 1.807) is 14.2 Å². The highest BCUT2D eigenvalue weighted by Crippen LogP contribution is 2.38. The average Bonchev–Trinajstić information content (AvgIpc) is 2.37. The standard InChI is InChI=1S/C14H20O4/c1-10-9-14(15,6-7-18-10)11-4-5-12(16-2)13(8-11)17-3/h4-5,8,10,15H,6-7,9H2,1-3H3. The highest BCUT2D eigenvalue weighted by Gasteiger charge is 2.35. The van der Waals surface area contributed by atoms with Gasteiger partial charge in [0.2, 0.25) is 0 Å². The van der Waals surface area contributed by atoms with Gasteiger partial charge in [-0.25, -0.2) is 0 Å². The lowest BCUT2D eigenvalue weighted by molar-refractivity contribution is -0.101. The van der Waals surface area contributed by atoms with Crippen LogP contribution in [0.5, 0.6) is 11.5 Å². The van der Waals surface area contributed by atoms with E-state index in [-0.39, 0.29) is 6.10 Å². The first kappa shape index (κ1) is 13.2. The molecule has 2 atom stereocenters. The molecule has 1 aliphatic heterocycles. The van der Waals surface area contributed by atoms with Gasteiger partial charge in [-0.15, -0.1) is 0 Å². The Balaban J connectivity index is 2.32. The third-order valence-electron chi connectivity index (χ3n) is 3.46. The molecule has 1 heterocycles.